The lowest BCUT2D eigenvalue weighted by Gasteiger charge is -2.15. The molecule has 1 aromatic carbocycles. The van der Waals surface area contributed by atoms with Gasteiger partial charge in [0, 0.05) is 0 Å². The molecule has 2 aromatic heterocycles. The number of amides is 1. The van der Waals surface area contributed by atoms with E-state index >= 15 is 0 Å². The van der Waals surface area contributed by atoms with Crippen LogP contribution in [-0.4, -0.2) is 27.1 Å². The molecule has 136 valence electrons. The number of fused-ring (bicyclic) bond motifs is 3. The molecule has 0 aliphatic rings. The predicted molar refractivity (Wildman–Crippen MR) is 108 cm³/mol. The first-order valence-electron chi connectivity index (χ1n) is 8.75. The van der Waals surface area contributed by atoms with Crippen LogP contribution in [0.15, 0.2) is 35.9 Å². The number of hydrogen-bond donors (Lipinski definition) is 3. The molecule has 0 saturated carbocycles. The van der Waals surface area contributed by atoms with Gasteiger partial charge in [0.2, 0.25) is 0 Å². The monoisotopic (exact) mass is 369 g/mol. The van der Waals surface area contributed by atoms with Gasteiger partial charge in [-0.1, -0.05) is 43.4 Å². The number of H-pyrrole nitrogens is 1. The van der Waals surface area contributed by atoms with E-state index in [0.717, 1.165) is 39.5 Å². The van der Waals surface area contributed by atoms with E-state index in [-0.39, 0.29) is 11.9 Å². The molecule has 0 saturated heterocycles. The second-order valence-corrected chi connectivity index (χ2v) is 7.11. The fourth-order valence-electron chi connectivity index (χ4n) is 2.90. The lowest BCUT2D eigenvalue weighted by atomic mass is 10.1. The van der Waals surface area contributed by atoms with Crippen molar-refractivity contribution in [2.24, 2.45) is 0 Å². The zero-order chi connectivity index (χ0) is 18.7. The summed E-state index contributed by atoms with van der Waals surface area (Å²) in [5, 5.41) is 11.5. The minimum absolute atomic E-state index is 0.109. The molecule has 3 rings (SSSR count). The number of nitrogens with zero attached hydrogens (tertiary/aromatic N) is 2. The van der Waals surface area contributed by atoms with Gasteiger partial charge in [-0.05, 0) is 37.5 Å². The number of benzene rings is 1. The summed E-state index contributed by atoms with van der Waals surface area (Å²) in [5.74, 6) is -0.213. The highest BCUT2D eigenvalue weighted by Crippen LogP contribution is 2.32. The van der Waals surface area contributed by atoms with E-state index in [0.29, 0.717) is 10.8 Å². The van der Waals surface area contributed by atoms with Gasteiger partial charge in [-0.25, -0.2) is 4.98 Å². The molecular formula is C19H23N5OS. The third kappa shape index (κ3) is 3.48. The summed E-state index contributed by atoms with van der Waals surface area (Å²) < 4.78 is 0.877. The first kappa shape index (κ1) is 18.1. The summed E-state index contributed by atoms with van der Waals surface area (Å²) in [7, 11) is 0. The number of carbonyl (C=O) groups excluding carboxylic acids is 1. The van der Waals surface area contributed by atoms with E-state index in [4.69, 9.17) is 5.73 Å². The number of thiazole rings is 1. The molecule has 4 N–H and O–H groups in total. The average Bonchev–Trinajstić information content (AvgIpc) is 3.20. The van der Waals surface area contributed by atoms with Gasteiger partial charge in [0.05, 0.1) is 27.2 Å². The number of carbonyl (C=O) groups is 1. The van der Waals surface area contributed by atoms with Crippen molar-refractivity contribution in [3.05, 3.63) is 41.6 Å². The molecule has 6 nitrogen and oxygen atoms in total. The maximum Gasteiger partial charge on any atom is 0.272 e. The predicted octanol–water partition coefficient (Wildman–Crippen LogP) is 4.18. The van der Waals surface area contributed by atoms with Crippen LogP contribution in [0, 0.1) is 0 Å². The lowest BCUT2D eigenvalue weighted by Crippen LogP contribution is -2.34. The Morgan fingerprint density at radius 3 is 2.92 bits per heavy atom. The summed E-state index contributed by atoms with van der Waals surface area (Å²) in [6.07, 6.45) is 8.16. The Morgan fingerprint density at radius 1 is 1.38 bits per heavy atom. The number of anilines is 1. The van der Waals surface area contributed by atoms with Crippen LogP contribution in [0.1, 0.15) is 44.1 Å². The van der Waals surface area contributed by atoms with Gasteiger partial charge < -0.3 is 11.1 Å². The quantitative estimate of drug-likeness (QED) is 0.568. The van der Waals surface area contributed by atoms with Crippen molar-refractivity contribution < 1.29 is 4.79 Å². The molecule has 0 radical (unpaired) electrons. The average molecular weight is 369 g/mol. The Bertz CT molecular complexity index is 998. The fourth-order valence-corrected chi connectivity index (χ4v) is 3.78. The van der Waals surface area contributed by atoms with Gasteiger partial charge in [-0.15, -0.1) is 0 Å². The van der Waals surface area contributed by atoms with E-state index < -0.39 is 0 Å². The van der Waals surface area contributed by atoms with Crippen LogP contribution in [0.25, 0.3) is 21.1 Å². The molecule has 7 heteroatoms. The van der Waals surface area contributed by atoms with Crippen molar-refractivity contribution in [2.75, 3.05) is 5.73 Å². The number of aromatic nitrogens is 3. The van der Waals surface area contributed by atoms with Gasteiger partial charge in [-0.2, -0.15) is 5.10 Å². The molecule has 3 aromatic rings. The lowest BCUT2D eigenvalue weighted by molar-refractivity contribution is 0.0942. The van der Waals surface area contributed by atoms with Crippen molar-refractivity contribution in [3.8, 4) is 0 Å². The van der Waals surface area contributed by atoms with E-state index in [9.17, 15) is 4.79 Å². The summed E-state index contributed by atoms with van der Waals surface area (Å²) >= 11 is 1.37. The van der Waals surface area contributed by atoms with Crippen molar-refractivity contribution in [1.29, 1.82) is 0 Å². The number of rotatable bonds is 6. The molecule has 2 heterocycles. The maximum absolute atomic E-state index is 12.9. The normalized spacial score (nSPS) is 13.7. The van der Waals surface area contributed by atoms with Gasteiger partial charge >= 0.3 is 0 Å². The van der Waals surface area contributed by atoms with Crippen LogP contribution in [0.4, 0.5) is 5.13 Å². The molecule has 0 fully saturated rings. The number of nitrogen functional groups attached to an aromatic ring is 1. The molecule has 0 aliphatic heterocycles. The Morgan fingerprint density at radius 2 is 2.19 bits per heavy atom. The largest absolute Gasteiger partial charge is 0.375 e. The topological polar surface area (TPSA) is 96.7 Å². The van der Waals surface area contributed by atoms with Gasteiger partial charge in [0.1, 0.15) is 0 Å². The third-order valence-corrected chi connectivity index (χ3v) is 5.07. The van der Waals surface area contributed by atoms with Gasteiger partial charge in [0.15, 0.2) is 10.8 Å². The summed E-state index contributed by atoms with van der Waals surface area (Å²) in [4.78, 5) is 17.2. The first-order valence-corrected chi connectivity index (χ1v) is 9.57. The Labute approximate surface area is 156 Å². The zero-order valence-electron chi connectivity index (χ0n) is 15.2. The minimum atomic E-state index is -0.213. The third-order valence-electron chi connectivity index (χ3n) is 4.15. The maximum atomic E-state index is 12.9. The SMILES string of the molecule is CC/C=C\C(=C/CC)C(C)NC(=O)c1n[nH]c2ccc3nc(N)sc3c12. The van der Waals surface area contributed by atoms with Crippen LogP contribution in [0.2, 0.25) is 0 Å². The number of aromatic amines is 1. The molecule has 26 heavy (non-hydrogen) atoms. The van der Waals surface area contributed by atoms with Crippen LogP contribution in [0.3, 0.4) is 0 Å². The minimum Gasteiger partial charge on any atom is -0.375 e. The van der Waals surface area contributed by atoms with Crippen LogP contribution >= 0.6 is 11.3 Å². The first-order chi connectivity index (χ1) is 12.5. The van der Waals surface area contributed by atoms with E-state index in [2.05, 4.69) is 52.6 Å². The second kappa shape index (κ2) is 7.70. The standard InChI is InChI=1S/C19H23N5OS/c1-4-6-8-12(7-5-2)11(3)21-18(25)16-15-13(23-24-16)9-10-14-17(15)26-19(20)22-14/h6-11H,4-5H2,1-3H3,(H2,20,22)(H,21,25)(H,23,24)/b8-6-,12-7+. The highest BCUT2D eigenvalue weighted by atomic mass is 32.1. The molecule has 1 unspecified atom stereocenters. The summed E-state index contributed by atoms with van der Waals surface area (Å²) in [6.45, 7) is 6.15. The Kier molecular flexibility index (Phi) is 5.37. The van der Waals surface area contributed by atoms with Crippen molar-refractivity contribution in [1.82, 2.24) is 20.5 Å². The van der Waals surface area contributed by atoms with Crippen molar-refractivity contribution in [3.63, 3.8) is 0 Å². The highest BCUT2D eigenvalue weighted by Gasteiger charge is 2.20. The Hall–Kier alpha value is -2.67. The van der Waals surface area contributed by atoms with Crippen molar-refractivity contribution in [2.45, 2.75) is 39.7 Å². The summed E-state index contributed by atoms with van der Waals surface area (Å²) in [5.41, 5.74) is 8.88. The van der Waals surface area contributed by atoms with E-state index in [1.54, 1.807) is 0 Å². The number of allylic oxidation sites excluding steroid dienone is 2. The van der Waals surface area contributed by atoms with E-state index in [1.807, 2.05) is 19.1 Å². The molecule has 0 aliphatic carbocycles. The number of hydrogen-bond acceptors (Lipinski definition) is 5. The number of nitrogens with one attached hydrogen (secondary N) is 2. The van der Waals surface area contributed by atoms with Gasteiger partial charge in [-0.3, -0.25) is 9.89 Å². The highest BCUT2D eigenvalue weighted by molar-refractivity contribution is 7.23. The van der Waals surface area contributed by atoms with Gasteiger partial charge in [0.25, 0.3) is 5.91 Å². The van der Waals surface area contributed by atoms with Crippen molar-refractivity contribution >= 4 is 43.5 Å². The van der Waals surface area contributed by atoms with Crippen LogP contribution in [-0.2, 0) is 0 Å². The Balaban J connectivity index is 1.94. The van der Waals surface area contributed by atoms with Crippen LogP contribution < -0.4 is 11.1 Å². The zero-order valence-corrected chi connectivity index (χ0v) is 16.0. The molecular weight excluding hydrogens is 346 g/mol. The van der Waals surface area contributed by atoms with E-state index in [1.165, 1.54) is 11.3 Å². The molecule has 0 spiro atoms. The molecule has 1 amide bonds. The van der Waals surface area contributed by atoms with Crippen LogP contribution in [0.5, 0.6) is 0 Å². The summed E-state index contributed by atoms with van der Waals surface area (Å²) in [6, 6.07) is 3.64. The number of nitrogens with two attached hydrogens (primary N) is 1. The second-order valence-electron chi connectivity index (χ2n) is 6.08. The molecule has 0 bridgehead atoms. The molecule has 1 atom stereocenters. The smallest absolute Gasteiger partial charge is 0.272 e. The fraction of sp³-hybridized carbons (Fsp3) is 0.316.